The third-order valence-corrected chi connectivity index (χ3v) is 6.97. The summed E-state index contributed by atoms with van der Waals surface area (Å²) in [4.78, 5) is 33.6. The highest BCUT2D eigenvalue weighted by Gasteiger charge is 2.36. The predicted molar refractivity (Wildman–Crippen MR) is 145 cm³/mol. The Morgan fingerprint density at radius 3 is 2.59 bits per heavy atom. The molecule has 190 valence electrons. The molecule has 5 rings (SSSR count). The molecule has 1 aromatic heterocycles. The molecular weight excluding hydrogens is 513 g/mol. The summed E-state index contributed by atoms with van der Waals surface area (Å²) in [6.07, 6.45) is 7.37. The van der Waals surface area contributed by atoms with Gasteiger partial charge in [0.1, 0.15) is 11.3 Å². The molecule has 2 heterocycles. The lowest BCUT2D eigenvalue weighted by Gasteiger charge is -2.38. The lowest BCUT2D eigenvalue weighted by molar-refractivity contribution is -0.139. The van der Waals surface area contributed by atoms with E-state index in [4.69, 9.17) is 27.9 Å². The summed E-state index contributed by atoms with van der Waals surface area (Å²) in [5.41, 5.74) is 2.89. The van der Waals surface area contributed by atoms with E-state index in [0.29, 0.717) is 28.7 Å². The molecular formula is C28H25Cl2N3O4. The average Bonchev–Trinajstić information content (AvgIpc) is 3.76. The monoisotopic (exact) mass is 537 g/mol. The van der Waals surface area contributed by atoms with Crippen LogP contribution < -0.4 is 14.5 Å². The SMILES string of the molecule is COC(=O)C/C=C/c1cc(Cl)c(Oc2ncccc2C(=O)N2CCN(C3CC3)c3ccccc32)cc1Cl. The number of para-hydroxylation sites is 2. The van der Waals surface area contributed by atoms with Crippen molar-refractivity contribution in [1.29, 1.82) is 0 Å². The first-order valence-corrected chi connectivity index (χ1v) is 12.7. The topological polar surface area (TPSA) is 72.0 Å². The van der Waals surface area contributed by atoms with E-state index in [0.717, 1.165) is 17.9 Å². The van der Waals surface area contributed by atoms with Crippen molar-refractivity contribution in [3.63, 3.8) is 0 Å². The Morgan fingerprint density at radius 1 is 1.05 bits per heavy atom. The van der Waals surface area contributed by atoms with Crippen LogP contribution in [-0.4, -0.2) is 43.1 Å². The van der Waals surface area contributed by atoms with Gasteiger partial charge < -0.3 is 19.3 Å². The Balaban J connectivity index is 1.39. The number of carbonyl (C=O) groups is 2. The number of benzene rings is 2. The minimum atomic E-state index is -0.359. The van der Waals surface area contributed by atoms with Crippen LogP contribution in [0.4, 0.5) is 11.4 Å². The van der Waals surface area contributed by atoms with Crippen LogP contribution in [0.15, 0.2) is 60.8 Å². The molecule has 1 fully saturated rings. The van der Waals surface area contributed by atoms with E-state index in [-0.39, 0.29) is 34.9 Å². The first-order valence-electron chi connectivity index (χ1n) is 12.0. The highest BCUT2D eigenvalue weighted by atomic mass is 35.5. The van der Waals surface area contributed by atoms with Gasteiger partial charge in [-0.05, 0) is 48.7 Å². The lowest BCUT2D eigenvalue weighted by atomic mass is 10.1. The van der Waals surface area contributed by atoms with E-state index in [2.05, 4.69) is 20.7 Å². The fourth-order valence-electron chi connectivity index (χ4n) is 4.36. The molecule has 3 aromatic rings. The van der Waals surface area contributed by atoms with Crippen molar-refractivity contribution in [2.24, 2.45) is 0 Å². The molecule has 1 saturated carbocycles. The molecule has 1 aliphatic heterocycles. The van der Waals surface area contributed by atoms with Crippen molar-refractivity contribution in [2.45, 2.75) is 25.3 Å². The third-order valence-electron chi connectivity index (χ3n) is 6.35. The number of anilines is 2. The highest BCUT2D eigenvalue weighted by Crippen LogP contribution is 2.41. The number of fused-ring (bicyclic) bond motifs is 1. The van der Waals surface area contributed by atoms with E-state index >= 15 is 0 Å². The van der Waals surface area contributed by atoms with Gasteiger partial charge in [-0.3, -0.25) is 9.59 Å². The molecule has 2 aliphatic rings. The molecule has 0 N–H and O–H groups in total. The molecule has 0 unspecified atom stereocenters. The van der Waals surface area contributed by atoms with Crippen LogP contribution in [0.2, 0.25) is 10.0 Å². The molecule has 9 heteroatoms. The number of hydrogen-bond donors (Lipinski definition) is 0. The molecule has 1 aliphatic carbocycles. The number of ether oxygens (including phenoxy) is 2. The number of pyridine rings is 1. The summed E-state index contributed by atoms with van der Waals surface area (Å²) in [5, 5.41) is 0.656. The molecule has 0 saturated heterocycles. The third kappa shape index (κ3) is 5.43. The van der Waals surface area contributed by atoms with Crippen molar-refractivity contribution >= 4 is 52.5 Å². The number of aromatic nitrogens is 1. The summed E-state index contributed by atoms with van der Waals surface area (Å²) in [6, 6.07) is 15.1. The van der Waals surface area contributed by atoms with Crippen molar-refractivity contribution in [3.05, 3.63) is 82.0 Å². The van der Waals surface area contributed by atoms with Gasteiger partial charge >= 0.3 is 5.97 Å². The average molecular weight is 538 g/mol. The number of methoxy groups -OCH3 is 1. The Bertz CT molecular complexity index is 1370. The number of carbonyl (C=O) groups excluding carboxylic acids is 2. The van der Waals surface area contributed by atoms with Gasteiger partial charge in [0.25, 0.3) is 5.91 Å². The number of esters is 1. The number of rotatable bonds is 7. The van der Waals surface area contributed by atoms with Gasteiger partial charge in [-0.1, -0.05) is 47.5 Å². The Labute approximate surface area is 225 Å². The zero-order valence-corrected chi connectivity index (χ0v) is 21.7. The molecule has 0 radical (unpaired) electrons. The maximum Gasteiger partial charge on any atom is 0.309 e. The van der Waals surface area contributed by atoms with E-state index in [9.17, 15) is 9.59 Å². The van der Waals surface area contributed by atoms with Crippen molar-refractivity contribution in [1.82, 2.24) is 4.98 Å². The van der Waals surface area contributed by atoms with Crippen molar-refractivity contribution < 1.29 is 19.1 Å². The fourth-order valence-corrected chi connectivity index (χ4v) is 4.79. The van der Waals surface area contributed by atoms with Crippen LogP contribution >= 0.6 is 23.2 Å². The van der Waals surface area contributed by atoms with E-state index in [1.54, 1.807) is 47.5 Å². The van der Waals surface area contributed by atoms with Crippen LogP contribution in [0.25, 0.3) is 6.08 Å². The summed E-state index contributed by atoms with van der Waals surface area (Å²) >= 11 is 12.9. The molecule has 1 amide bonds. The molecule has 0 atom stereocenters. The number of halogens is 2. The van der Waals surface area contributed by atoms with Gasteiger partial charge in [0.05, 0.1) is 35.0 Å². The Hall–Kier alpha value is -3.55. The zero-order valence-electron chi connectivity index (χ0n) is 20.2. The van der Waals surface area contributed by atoms with Gasteiger partial charge in [-0.2, -0.15) is 0 Å². The van der Waals surface area contributed by atoms with Gasteiger partial charge in [0, 0.05) is 31.4 Å². The molecule has 37 heavy (non-hydrogen) atoms. The van der Waals surface area contributed by atoms with Crippen LogP contribution in [0.3, 0.4) is 0 Å². The van der Waals surface area contributed by atoms with Crippen LogP contribution in [0.1, 0.15) is 35.2 Å². The Morgan fingerprint density at radius 2 is 1.84 bits per heavy atom. The first kappa shape index (κ1) is 25.1. The van der Waals surface area contributed by atoms with Gasteiger partial charge in [0.15, 0.2) is 0 Å². The quantitative estimate of drug-likeness (QED) is 0.325. The Kier molecular flexibility index (Phi) is 7.35. The van der Waals surface area contributed by atoms with E-state index < -0.39 is 0 Å². The van der Waals surface area contributed by atoms with E-state index in [1.165, 1.54) is 20.0 Å². The fraction of sp³-hybridized carbons (Fsp3) is 0.250. The highest BCUT2D eigenvalue weighted by molar-refractivity contribution is 6.35. The smallest absolute Gasteiger partial charge is 0.309 e. The van der Waals surface area contributed by atoms with Crippen LogP contribution in [0, 0.1) is 0 Å². The maximum atomic E-state index is 13.8. The maximum absolute atomic E-state index is 13.8. The predicted octanol–water partition coefficient (Wildman–Crippen LogP) is 6.39. The standard InChI is InChI=1S/C28H25Cl2N3O4/c1-36-26(34)10-4-6-18-16-22(30)25(17-21(18)29)37-27-20(7-5-13-31-27)28(35)33-15-14-32(19-11-12-19)23-8-2-3-9-24(23)33/h2-9,13,16-17,19H,10-12,14-15H2,1H3/b6-4+. The molecule has 0 spiro atoms. The number of nitrogens with zero attached hydrogens (tertiary/aromatic N) is 3. The van der Waals surface area contributed by atoms with Crippen LogP contribution in [-0.2, 0) is 9.53 Å². The second-order valence-electron chi connectivity index (χ2n) is 8.82. The van der Waals surface area contributed by atoms with Gasteiger partial charge in [0.2, 0.25) is 5.88 Å². The zero-order chi connectivity index (χ0) is 25.9. The largest absolute Gasteiger partial charge is 0.469 e. The van der Waals surface area contributed by atoms with Crippen molar-refractivity contribution in [2.75, 3.05) is 30.0 Å². The molecule has 7 nitrogen and oxygen atoms in total. The minimum absolute atomic E-state index is 0.111. The number of hydrogen-bond acceptors (Lipinski definition) is 6. The lowest BCUT2D eigenvalue weighted by Crippen LogP contribution is -2.45. The summed E-state index contributed by atoms with van der Waals surface area (Å²) < 4.78 is 10.7. The summed E-state index contributed by atoms with van der Waals surface area (Å²) in [5.74, 6) is -0.150. The second-order valence-corrected chi connectivity index (χ2v) is 9.63. The first-order chi connectivity index (χ1) is 18.0. The molecule has 0 bridgehead atoms. The van der Waals surface area contributed by atoms with Crippen LogP contribution in [0.5, 0.6) is 11.6 Å². The van der Waals surface area contributed by atoms with Gasteiger partial charge in [-0.15, -0.1) is 0 Å². The van der Waals surface area contributed by atoms with Gasteiger partial charge in [-0.25, -0.2) is 4.98 Å². The van der Waals surface area contributed by atoms with Crippen molar-refractivity contribution in [3.8, 4) is 11.6 Å². The summed E-state index contributed by atoms with van der Waals surface area (Å²) in [6.45, 7) is 1.34. The molecule has 2 aromatic carbocycles. The summed E-state index contributed by atoms with van der Waals surface area (Å²) in [7, 11) is 1.33. The second kappa shape index (κ2) is 10.8. The number of amides is 1. The van der Waals surface area contributed by atoms with E-state index in [1.807, 2.05) is 18.2 Å². The minimum Gasteiger partial charge on any atom is -0.469 e. The normalized spacial score (nSPS) is 15.0.